The van der Waals surface area contributed by atoms with E-state index in [4.69, 9.17) is 5.11 Å². The van der Waals surface area contributed by atoms with Crippen molar-refractivity contribution >= 4 is 23.8 Å². The highest BCUT2D eigenvalue weighted by Crippen LogP contribution is 2.34. The molecule has 1 saturated heterocycles. The van der Waals surface area contributed by atoms with Gasteiger partial charge < -0.3 is 15.7 Å². The third-order valence-electron chi connectivity index (χ3n) is 3.40. The Morgan fingerprint density at radius 3 is 2.67 bits per heavy atom. The zero-order valence-electron chi connectivity index (χ0n) is 10.4. The third-order valence-corrected chi connectivity index (χ3v) is 4.61. The zero-order valence-corrected chi connectivity index (χ0v) is 11.2. The molecule has 1 aliphatic heterocycles. The maximum absolute atomic E-state index is 11.8. The largest absolute Gasteiger partial charge is 0.481 e. The second-order valence-electron chi connectivity index (χ2n) is 5.07. The zero-order chi connectivity index (χ0) is 13.0. The molecule has 0 radical (unpaired) electrons. The Bertz CT molecular complexity index is 314. The van der Waals surface area contributed by atoms with E-state index in [1.54, 1.807) is 0 Å². The normalized spacial score (nSPS) is 25.2. The van der Waals surface area contributed by atoms with Crippen molar-refractivity contribution in [2.45, 2.75) is 44.2 Å². The predicted octanol–water partition coefficient (Wildman–Crippen LogP) is 1.43. The molecule has 3 N–H and O–H groups in total. The average molecular weight is 272 g/mol. The number of nitrogens with one attached hydrogen (secondary N) is 2. The second-order valence-corrected chi connectivity index (χ2v) is 6.22. The Morgan fingerprint density at radius 1 is 1.33 bits per heavy atom. The monoisotopic (exact) mass is 272 g/mol. The van der Waals surface area contributed by atoms with Crippen LogP contribution < -0.4 is 10.6 Å². The SMILES string of the molecule is O=C(O)CC(NC(=O)NC1CCCSC1)C1CC1. The topological polar surface area (TPSA) is 78.4 Å². The summed E-state index contributed by atoms with van der Waals surface area (Å²) in [5, 5.41) is 14.6. The molecule has 2 fully saturated rings. The van der Waals surface area contributed by atoms with Crippen molar-refractivity contribution in [1.82, 2.24) is 10.6 Å². The first-order chi connectivity index (χ1) is 8.65. The summed E-state index contributed by atoms with van der Waals surface area (Å²) >= 11 is 1.86. The minimum Gasteiger partial charge on any atom is -0.481 e. The van der Waals surface area contributed by atoms with E-state index in [0.717, 1.165) is 31.4 Å². The summed E-state index contributed by atoms with van der Waals surface area (Å²) in [7, 11) is 0. The van der Waals surface area contributed by atoms with Gasteiger partial charge in [-0.15, -0.1) is 0 Å². The molecule has 0 spiro atoms. The predicted molar refractivity (Wildman–Crippen MR) is 70.8 cm³/mol. The molecule has 1 heterocycles. The van der Waals surface area contributed by atoms with Crippen LogP contribution in [0.5, 0.6) is 0 Å². The molecular weight excluding hydrogens is 252 g/mol. The van der Waals surface area contributed by atoms with Crippen molar-refractivity contribution in [1.29, 1.82) is 0 Å². The summed E-state index contributed by atoms with van der Waals surface area (Å²) in [5.41, 5.74) is 0. The highest BCUT2D eigenvalue weighted by Gasteiger charge is 2.34. The van der Waals surface area contributed by atoms with Crippen LogP contribution in [0.3, 0.4) is 0 Å². The Hall–Kier alpha value is -0.910. The molecule has 18 heavy (non-hydrogen) atoms. The summed E-state index contributed by atoms with van der Waals surface area (Å²) in [4.78, 5) is 22.5. The number of aliphatic carboxylic acids is 1. The van der Waals surface area contributed by atoms with E-state index in [1.165, 1.54) is 5.75 Å². The van der Waals surface area contributed by atoms with Gasteiger partial charge in [-0.05, 0) is 37.4 Å². The molecule has 2 rings (SSSR count). The molecular formula is C12H20N2O3S. The number of carbonyl (C=O) groups excluding carboxylic acids is 1. The number of rotatable bonds is 5. The van der Waals surface area contributed by atoms with E-state index in [2.05, 4.69) is 10.6 Å². The molecule has 2 amide bonds. The van der Waals surface area contributed by atoms with Crippen LogP contribution in [0, 0.1) is 5.92 Å². The lowest BCUT2D eigenvalue weighted by Crippen LogP contribution is -2.49. The van der Waals surface area contributed by atoms with E-state index in [0.29, 0.717) is 5.92 Å². The maximum Gasteiger partial charge on any atom is 0.315 e. The number of carboxylic acids is 1. The molecule has 6 heteroatoms. The number of hydrogen-bond acceptors (Lipinski definition) is 3. The van der Waals surface area contributed by atoms with Crippen molar-refractivity contribution in [2.75, 3.05) is 11.5 Å². The van der Waals surface area contributed by atoms with Crippen LogP contribution in [0.1, 0.15) is 32.1 Å². The van der Waals surface area contributed by atoms with Crippen molar-refractivity contribution in [2.24, 2.45) is 5.92 Å². The van der Waals surface area contributed by atoms with Crippen molar-refractivity contribution < 1.29 is 14.7 Å². The molecule has 1 saturated carbocycles. The first-order valence-corrected chi connectivity index (χ1v) is 7.67. The molecule has 0 aromatic rings. The highest BCUT2D eigenvalue weighted by atomic mass is 32.2. The van der Waals surface area contributed by atoms with Gasteiger partial charge in [-0.2, -0.15) is 11.8 Å². The highest BCUT2D eigenvalue weighted by molar-refractivity contribution is 7.99. The van der Waals surface area contributed by atoms with Crippen LogP contribution in [0.25, 0.3) is 0 Å². The van der Waals surface area contributed by atoms with Crippen LogP contribution in [0.4, 0.5) is 4.79 Å². The fourth-order valence-corrected chi connectivity index (χ4v) is 3.34. The summed E-state index contributed by atoms with van der Waals surface area (Å²) in [6, 6.07) is -0.187. The van der Waals surface area contributed by atoms with Crippen molar-refractivity contribution in [3.8, 4) is 0 Å². The molecule has 102 valence electrons. The van der Waals surface area contributed by atoms with E-state index in [1.807, 2.05) is 11.8 Å². The first kappa shape index (κ1) is 13.5. The Kier molecular flexibility index (Phi) is 4.74. The smallest absolute Gasteiger partial charge is 0.315 e. The molecule has 2 atom stereocenters. The Labute approximate surface area is 111 Å². The quantitative estimate of drug-likeness (QED) is 0.707. The maximum atomic E-state index is 11.8. The lowest BCUT2D eigenvalue weighted by Gasteiger charge is -2.24. The molecule has 0 bridgehead atoms. The fraction of sp³-hybridized carbons (Fsp3) is 0.833. The lowest BCUT2D eigenvalue weighted by atomic mass is 10.1. The van der Waals surface area contributed by atoms with E-state index in [9.17, 15) is 9.59 Å². The second kappa shape index (κ2) is 6.31. The number of urea groups is 1. The molecule has 2 unspecified atom stereocenters. The van der Waals surface area contributed by atoms with Crippen LogP contribution in [-0.4, -0.2) is 40.7 Å². The van der Waals surface area contributed by atoms with E-state index < -0.39 is 5.97 Å². The van der Waals surface area contributed by atoms with E-state index in [-0.39, 0.29) is 24.5 Å². The number of carboxylic acid groups (broad SMARTS) is 1. The molecule has 5 nitrogen and oxygen atoms in total. The van der Waals surface area contributed by atoms with Gasteiger partial charge in [-0.3, -0.25) is 4.79 Å². The van der Waals surface area contributed by atoms with Gasteiger partial charge in [0, 0.05) is 17.8 Å². The van der Waals surface area contributed by atoms with Gasteiger partial charge in [0.1, 0.15) is 0 Å². The van der Waals surface area contributed by atoms with Gasteiger partial charge in [-0.1, -0.05) is 0 Å². The molecule has 1 aliphatic carbocycles. The average Bonchev–Trinajstić information content (AvgIpc) is 3.12. The summed E-state index contributed by atoms with van der Waals surface area (Å²) in [6.07, 6.45) is 4.23. The van der Waals surface area contributed by atoms with Crippen LogP contribution >= 0.6 is 11.8 Å². The van der Waals surface area contributed by atoms with Crippen LogP contribution in [0.2, 0.25) is 0 Å². The van der Waals surface area contributed by atoms with Gasteiger partial charge in [0.15, 0.2) is 0 Å². The first-order valence-electron chi connectivity index (χ1n) is 6.51. The molecule has 0 aromatic heterocycles. The molecule has 0 aromatic carbocycles. The van der Waals surface area contributed by atoms with E-state index >= 15 is 0 Å². The van der Waals surface area contributed by atoms with Crippen molar-refractivity contribution in [3.05, 3.63) is 0 Å². The van der Waals surface area contributed by atoms with Gasteiger partial charge in [0.25, 0.3) is 0 Å². The van der Waals surface area contributed by atoms with Crippen LogP contribution in [-0.2, 0) is 4.79 Å². The van der Waals surface area contributed by atoms with Crippen molar-refractivity contribution in [3.63, 3.8) is 0 Å². The third kappa shape index (κ3) is 4.40. The number of amides is 2. The Balaban J connectivity index is 1.75. The fourth-order valence-electron chi connectivity index (χ4n) is 2.27. The Morgan fingerprint density at radius 2 is 2.11 bits per heavy atom. The lowest BCUT2D eigenvalue weighted by molar-refractivity contribution is -0.137. The molecule has 2 aliphatic rings. The number of carbonyl (C=O) groups is 2. The minimum absolute atomic E-state index is 0.0253. The van der Waals surface area contributed by atoms with Gasteiger partial charge >= 0.3 is 12.0 Å². The van der Waals surface area contributed by atoms with Gasteiger partial charge in [0.05, 0.1) is 6.42 Å². The number of thioether (sulfide) groups is 1. The summed E-state index contributed by atoms with van der Waals surface area (Å²) < 4.78 is 0. The van der Waals surface area contributed by atoms with Gasteiger partial charge in [-0.25, -0.2) is 4.79 Å². The minimum atomic E-state index is -0.847. The summed E-state index contributed by atoms with van der Waals surface area (Å²) in [5.74, 6) is 1.64. The van der Waals surface area contributed by atoms with Gasteiger partial charge in [0.2, 0.25) is 0 Å². The standard InChI is InChI=1S/C12H20N2O3S/c15-11(16)6-10(8-3-4-8)14-12(17)13-9-2-1-5-18-7-9/h8-10H,1-7H2,(H,15,16)(H2,13,14,17). The summed E-state index contributed by atoms with van der Waals surface area (Å²) in [6.45, 7) is 0. The van der Waals surface area contributed by atoms with Crippen LogP contribution in [0.15, 0.2) is 0 Å². The number of hydrogen-bond donors (Lipinski definition) is 3.